The van der Waals surface area contributed by atoms with Crippen LogP contribution in [0.5, 0.6) is 0 Å². The molecule has 1 saturated heterocycles. The van der Waals surface area contributed by atoms with Gasteiger partial charge in [0.1, 0.15) is 24.4 Å². The first kappa shape index (κ1) is 14.4. The molecule has 8 heteroatoms. The molecule has 1 fully saturated rings. The minimum Gasteiger partial charge on any atom is -0.394 e. The normalized spacial score (nSPS) is 35.1. The molecule has 106 valence electrons. The highest BCUT2D eigenvalue weighted by Gasteiger charge is 2.44. The van der Waals surface area contributed by atoms with Crippen LogP contribution in [0.4, 0.5) is 0 Å². The summed E-state index contributed by atoms with van der Waals surface area (Å²) >= 11 is 1.22. The molecule has 5 N–H and O–H groups in total. The molecule has 7 nitrogen and oxygen atoms in total. The SMILES string of the molecule is O=C(N[C@@H]1OC(CO)[C@@H](O)C(O)C1O)c1cccs1. The lowest BCUT2D eigenvalue weighted by molar-refractivity contribution is -0.233. The van der Waals surface area contributed by atoms with Gasteiger partial charge in [0.2, 0.25) is 0 Å². The fourth-order valence-electron chi connectivity index (χ4n) is 1.83. The van der Waals surface area contributed by atoms with Gasteiger partial charge in [-0.15, -0.1) is 11.3 Å². The van der Waals surface area contributed by atoms with Gasteiger partial charge in [0, 0.05) is 0 Å². The highest BCUT2D eigenvalue weighted by molar-refractivity contribution is 7.12. The largest absolute Gasteiger partial charge is 0.394 e. The molecule has 0 radical (unpaired) electrons. The third kappa shape index (κ3) is 2.94. The maximum Gasteiger partial charge on any atom is 0.263 e. The van der Waals surface area contributed by atoms with E-state index in [1.54, 1.807) is 17.5 Å². The van der Waals surface area contributed by atoms with Crippen LogP contribution in [0, 0.1) is 0 Å². The van der Waals surface area contributed by atoms with E-state index in [2.05, 4.69) is 5.32 Å². The molecule has 0 aromatic carbocycles. The number of ether oxygens (including phenoxy) is 1. The van der Waals surface area contributed by atoms with Crippen molar-refractivity contribution in [3.63, 3.8) is 0 Å². The third-order valence-corrected chi connectivity index (χ3v) is 3.78. The number of carbonyl (C=O) groups is 1. The Morgan fingerprint density at radius 2 is 2.05 bits per heavy atom. The molecular formula is C11H15NO6S. The van der Waals surface area contributed by atoms with Crippen LogP contribution in [0.2, 0.25) is 0 Å². The molecule has 1 aliphatic heterocycles. The van der Waals surface area contributed by atoms with Crippen molar-refractivity contribution in [2.24, 2.45) is 0 Å². The Morgan fingerprint density at radius 3 is 2.63 bits per heavy atom. The Bertz CT molecular complexity index is 423. The highest BCUT2D eigenvalue weighted by Crippen LogP contribution is 2.20. The molecule has 0 aliphatic carbocycles. The first-order valence-corrected chi connectivity index (χ1v) is 6.57. The number of aliphatic hydroxyl groups excluding tert-OH is 4. The number of carbonyl (C=O) groups excluding carboxylic acids is 1. The van der Waals surface area contributed by atoms with Crippen molar-refractivity contribution in [1.82, 2.24) is 5.32 Å². The molecular weight excluding hydrogens is 274 g/mol. The van der Waals surface area contributed by atoms with Gasteiger partial charge < -0.3 is 30.5 Å². The van der Waals surface area contributed by atoms with Gasteiger partial charge in [0.25, 0.3) is 5.91 Å². The number of thiophene rings is 1. The number of hydrogen-bond donors (Lipinski definition) is 5. The molecule has 1 aliphatic rings. The maximum atomic E-state index is 11.8. The van der Waals surface area contributed by atoms with Crippen LogP contribution in [0.25, 0.3) is 0 Å². The van der Waals surface area contributed by atoms with E-state index < -0.39 is 43.2 Å². The fourth-order valence-corrected chi connectivity index (χ4v) is 2.46. The van der Waals surface area contributed by atoms with Crippen LogP contribution < -0.4 is 5.32 Å². The smallest absolute Gasteiger partial charge is 0.263 e. The van der Waals surface area contributed by atoms with Crippen molar-refractivity contribution in [2.45, 2.75) is 30.6 Å². The van der Waals surface area contributed by atoms with Crippen molar-refractivity contribution in [3.05, 3.63) is 22.4 Å². The summed E-state index contributed by atoms with van der Waals surface area (Å²) in [6.07, 6.45) is -6.63. The number of amides is 1. The fraction of sp³-hybridized carbons (Fsp3) is 0.545. The average Bonchev–Trinajstić information content (AvgIpc) is 2.93. The van der Waals surface area contributed by atoms with Gasteiger partial charge >= 0.3 is 0 Å². The Labute approximate surface area is 113 Å². The van der Waals surface area contributed by atoms with Crippen molar-refractivity contribution in [1.29, 1.82) is 0 Å². The van der Waals surface area contributed by atoms with Gasteiger partial charge in [-0.1, -0.05) is 6.07 Å². The molecule has 0 saturated carbocycles. The summed E-state index contributed by atoms with van der Waals surface area (Å²) in [6.45, 7) is -0.531. The zero-order valence-corrected chi connectivity index (χ0v) is 10.7. The summed E-state index contributed by atoms with van der Waals surface area (Å²) in [5, 5.41) is 42.0. The van der Waals surface area contributed by atoms with Crippen molar-refractivity contribution >= 4 is 17.2 Å². The summed E-state index contributed by atoms with van der Waals surface area (Å²) < 4.78 is 5.16. The Morgan fingerprint density at radius 1 is 1.32 bits per heavy atom. The van der Waals surface area contributed by atoms with E-state index >= 15 is 0 Å². The Balaban J connectivity index is 2.05. The first-order valence-electron chi connectivity index (χ1n) is 5.69. The number of aliphatic hydroxyl groups is 4. The maximum absolute atomic E-state index is 11.8. The lowest BCUT2D eigenvalue weighted by Crippen LogP contribution is -2.63. The van der Waals surface area contributed by atoms with E-state index in [-0.39, 0.29) is 0 Å². The van der Waals surface area contributed by atoms with E-state index in [4.69, 9.17) is 9.84 Å². The molecule has 1 aromatic rings. The third-order valence-electron chi connectivity index (χ3n) is 2.91. The molecule has 5 atom stereocenters. The van der Waals surface area contributed by atoms with E-state index in [0.717, 1.165) is 0 Å². The first-order chi connectivity index (χ1) is 9.04. The second-order valence-corrected chi connectivity index (χ2v) is 5.15. The predicted molar refractivity (Wildman–Crippen MR) is 65.6 cm³/mol. The van der Waals surface area contributed by atoms with Crippen LogP contribution >= 0.6 is 11.3 Å². The van der Waals surface area contributed by atoms with Crippen LogP contribution in [0.3, 0.4) is 0 Å². The lowest BCUT2D eigenvalue weighted by atomic mass is 9.98. The molecule has 1 amide bonds. The highest BCUT2D eigenvalue weighted by atomic mass is 32.1. The molecule has 2 heterocycles. The van der Waals surface area contributed by atoms with Gasteiger partial charge in [-0.05, 0) is 11.4 Å². The molecule has 19 heavy (non-hydrogen) atoms. The van der Waals surface area contributed by atoms with Crippen LogP contribution in [-0.2, 0) is 4.74 Å². The Hall–Kier alpha value is -1.03. The van der Waals surface area contributed by atoms with E-state index in [1.165, 1.54) is 11.3 Å². The molecule has 0 bridgehead atoms. The van der Waals surface area contributed by atoms with Crippen molar-refractivity contribution < 1.29 is 30.0 Å². The summed E-state index contributed by atoms with van der Waals surface area (Å²) in [6, 6.07) is 3.30. The number of nitrogens with one attached hydrogen (secondary N) is 1. The van der Waals surface area contributed by atoms with Gasteiger partial charge in [0.05, 0.1) is 11.5 Å². The van der Waals surface area contributed by atoms with Gasteiger partial charge in [-0.2, -0.15) is 0 Å². The second kappa shape index (κ2) is 5.95. The van der Waals surface area contributed by atoms with Crippen LogP contribution in [-0.4, -0.2) is 63.6 Å². The second-order valence-electron chi connectivity index (χ2n) is 4.20. The number of hydrogen-bond acceptors (Lipinski definition) is 7. The monoisotopic (exact) mass is 289 g/mol. The molecule has 2 rings (SSSR count). The molecule has 1 aromatic heterocycles. The van der Waals surface area contributed by atoms with E-state index in [0.29, 0.717) is 4.88 Å². The Kier molecular flexibility index (Phi) is 4.50. The summed E-state index contributed by atoms with van der Waals surface area (Å²) in [5.41, 5.74) is 0. The zero-order chi connectivity index (χ0) is 14.0. The zero-order valence-electron chi connectivity index (χ0n) is 9.84. The summed E-state index contributed by atoms with van der Waals surface area (Å²) in [4.78, 5) is 12.2. The average molecular weight is 289 g/mol. The standard InChI is InChI=1S/C11H15NO6S/c13-4-5-7(14)8(15)9(16)11(18-5)12-10(17)6-2-1-3-19-6/h1-3,5,7-9,11,13-16H,4H2,(H,12,17)/t5?,7-,8?,9?,11-/m1/s1. The number of rotatable bonds is 3. The van der Waals surface area contributed by atoms with Gasteiger partial charge in [-0.3, -0.25) is 4.79 Å². The van der Waals surface area contributed by atoms with Crippen molar-refractivity contribution in [2.75, 3.05) is 6.61 Å². The van der Waals surface area contributed by atoms with Gasteiger partial charge in [-0.25, -0.2) is 0 Å². The predicted octanol–water partition coefficient (Wildman–Crippen LogP) is -1.72. The quantitative estimate of drug-likeness (QED) is 0.451. The van der Waals surface area contributed by atoms with Crippen LogP contribution in [0.15, 0.2) is 17.5 Å². The van der Waals surface area contributed by atoms with Crippen molar-refractivity contribution in [3.8, 4) is 0 Å². The molecule has 0 spiro atoms. The van der Waals surface area contributed by atoms with E-state index in [1.807, 2.05) is 0 Å². The minimum atomic E-state index is -1.50. The lowest BCUT2D eigenvalue weighted by Gasteiger charge is -2.40. The molecule has 3 unspecified atom stereocenters. The minimum absolute atomic E-state index is 0.428. The topological polar surface area (TPSA) is 119 Å². The van der Waals surface area contributed by atoms with Crippen LogP contribution in [0.1, 0.15) is 9.67 Å². The summed E-state index contributed by atoms with van der Waals surface area (Å²) in [5.74, 6) is -0.459. The van der Waals surface area contributed by atoms with E-state index in [9.17, 15) is 20.1 Å². The summed E-state index contributed by atoms with van der Waals surface area (Å²) in [7, 11) is 0. The van der Waals surface area contributed by atoms with Gasteiger partial charge in [0.15, 0.2) is 6.23 Å².